The number of piperidine rings is 2. The summed E-state index contributed by atoms with van der Waals surface area (Å²) in [7, 11) is 0. The maximum Gasteiger partial charge on any atom is 0.410 e. The molecule has 2 rings (SSSR count). The lowest BCUT2D eigenvalue weighted by Crippen LogP contribution is -2.46. The van der Waals surface area contributed by atoms with E-state index in [1.54, 1.807) is 0 Å². The Kier molecular flexibility index (Phi) is 4.26. The number of ether oxygens (including phenoxy) is 1. The van der Waals surface area contributed by atoms with E-state index in [-0.39, 0.29) is 12.2 Å². The van der Waals surface area contributed by atoms with Crippen molar-refractivity contribution in [2.45, 2.75) is 39.2 Å². The number of rotatable bonds is 1. The molecule has 4 nitrogen and oxygen atoms in total. The molecular weight excluding hydrogens is 216 g/mol. The maximum atomic E-state index is 12.0. The fraction of sp³-hybridized carbons (Fsp3) is 0.923. The third kappa shape index (κ3) is 3.35. The van der Waals surface area contributed by atoms with Gasteiger partial charge in [0.25, 0.3) is 0 Å². The van der Waals surface area contributed by atoms with Gasteiger partial charge in [-0.05, 0) is 37.6 Å². The topological polar surface area (TPSA) is 41.6 Å². The number of carbonyl (C=O) groups excluding carboxylic acids is 1. The van der Waals surface area contributed by atoms with Gasteiger partial charge in [0.2, 0.25) is 0 Å². The average molecular weight is 240 g/mol. The van der Waals surface area contributed by atoms with Gasteiger partial charge in [-0.25, -0.2) is 4.79 Å². The number of nitrogens with one attached hydrogen (secondary N) is 1. The second kappa shape index (κ2) is 5.71. The molecule has 2 saturated heterocycles. The first kappa shape index (κ1) is 12.7. The van der Waals surface area contributed by atoms with E-state index in [2.05, 4.69) is 19.2 Å². The van der Waals surface area contributed by atoms with E-state index in [9.17, 15) is 4.79 Å². The van der Waals surface area contributed by atoms with Crippen LogP contribution in [0.1, 0.15) is 33.1 Å². The first-order valence-electron chi connectivity index (χ1n) is 6.83. The number of amides is 1. The van der Waals surface area contributed by atoms with Crippen molar-refractivity contribution in [3.8, 4) is 0 Å². The molecule has 0 aromatic heterocycles. The van der Waals surface area contributed by atoms with Gasteiger partial charge in [0.1, 0.15) is 6.10 Å². The molecule has 0 aromatic rings. The highest BCUT2D eigenvalue weighted by Gasteiger charge is 2.28. The SMILES string of the molecule is CC1CCN(C(=O)OC2CNCCC2C)CC1. The largest absolute Gasteiger partial charge is 0.444 e. The first-order chi connectivity index (χ1) is 8.16. The van der Waals surface area contributed by atoms with Crippen LogP contribution in [0.3, 0.4) is 0 Å². The van der Waals surface area contributed by atoms with Gasteiger partial charge in [0, 0.05) is 19.6 Å². The van der Waals surface area contributed by atoms with Crippen LogP contribution in [0.25, 0.3) is 0 Å². The quantitative estimate of drug-likeness (QED) is 0.760. The molecular formula is C13H24N2O2. The summed E-state index contributed by atoms with van der Waals surface area (Å²) in [6.45, 7) is 7.96. The third-order valence-corrected chi connectivity index (χ3v) is 4.05. The predicted molar refractivity (Wildman–Crippen MR) is 66.9 cm³/mol. The predicted octanol–water partition coefficient (Wildman–Crippen LogP) is 1.85. The minimum atomic E-state index is -0.113. The monoisotopic (exact) mass is 240 g/mol. The van der Waals surface area contributed by atoms with Crippen molar-refractivity contribution < 1.29 is 9.53 Å². The molecule has 2 atom stereocenters. The van der Waals surface area contributed by atoms with Gasteiger partial charge in [-0.2, -0.15) is 0 Å². The molecule has 0 radical (unpaired) electrons. The number of carbonyl (C=O) groups is 1. The summed E-state index contributed by atoms with van der Waals surface area (Å²) >= 11 is 0. The van der Waals surface area contributed by atoms with Gasteiger partial charge in [-0.1, -0.05) is 13.8 Å². The second-order valence-electron chi connectivity index (χ2n) is 5.56. The van der Waals surface area contributed by atoms with Gasteiger partial charge in [0.15, 0.2) is 0 Å². The minimum absolute atomic E-state index is 0.0515. The molecule has 1 amide bonds. The molecule has 1 N–H and O–H groups in total. The summed E-state index contributed by atoms with van der Waals surface area (Å²) in [6, 6.07) is 0. The molecule has 0 bridgehead atoms. The molecule has 2 unspecified atom stereocenters. The van der Waals surface area contributed by atoms with Gasteiger partial charge < -0.3 is 15.0 Å². The van der Waals surface area contributed by atoms with Crippen LogP contribution in [0.5, 0.6) is 0 Å². The smallest absolute Gasteiger partial charge is 0.410 e. The normalized spacial score (nSPS) is 31.3. The van der Waals surface area contributed by atoms with E-state index in [0.29, 0.717) is 5.92 Å². The molecule has 0 spiro atoms. The van der Waals surface area contributed by atoms with Crippen molar-refractivity contribution in [2.24, 2.45) is 11.8 Å². The standard InChI is InChI=1S/C13H24N2O2/c1-10-4-7-15(8-5-10)13(16)17-12-9-14-6-3-11(12)2/h10-12,14H,3-9H2,1-2H3. The average Bonchev–Trinajstić information content (AvgIpc) is 2.33. The van der Waals surface area contributed by atoms with Crippen molar-refractivity contribution in [3.63, 3.8) is 0 Å². The highest BCUT2D eigenvalue weighted by Crippen LogP contribution is 2.19. The molecule has 98 valence electrons. The molecule has 0 aliphatic carbocycles. The van der Waals surface area contributed by atoms with Crippen molar-refractivity contribution >= 4 is 6.09 Å². The minimum Gasteiger partial charge on any atom is -0.444 e. The Labute approximate surface area is 104 Å². The fourth-order valence-corrected chi connectivity index (χ4v) is 2.51. The number of hydrogen-bond donors (Lipinski definition) is 1. The first-order valence-corrected chi connectivity index (χ1v) is 6.83. The Balaban J connectivity index is 1.79. The van der Waals surface area contributed by atoms with E-state index >= 15 is 0 Å². The molecule has 17 heavy (non-hydrogen) atoms. The Morgan fingerprint density at radius 1 is 1.24 bits per heavy atom. The Morgan fingerprint density at radius 3 is 2.59 bits per heavy atom. The maximum absolute atomic E-state index is 12.0. The van der Waals surface area contributed by atoms with Gasteiger partial charge in [-0.15, -0.1) is 0 Å². The molecule has 0 aromatic carbocycles. The van der Waals surface area contributed by atoms with Crippen LogP contribution in [0.2, 0.25) is 0 Å². The Bertz CT molecular complexity index is 262. The van der Waals surface area contributed by atoms with Gasteiger partial charge >= 0.3 is 6.09 Å². The van der Waals surface area contributed by atoms with E-state index in [1.807, 2.05) is 4.90 Å². The van der Waals surface area contributed by atoms with Crippen molar-refractivity contribution in [3.05, 3.63) is 0 Å². The summed E-state index contributed by atoms with van der Waals surface area (Å²) < 4.78 is 5.60. The summed E-state index contributed by atoms with van der Waals surface area (Å²) in [5, 5.41) is 3.28. The van der Waals surface area contributed by atoms with Crippen LogP contribution in [0.4, 0.5) is 4.79 Å². The highest BCUT2D eigenvalue weighted by molar-refractivity contribution is 5.68. The lowest BCUT2D eigenvalue weighted by Gasteiger charge is -2.34. The molecule has 2 aliphatic rings. The molecule has 4 heteroatoms. The van der Waals surface area contributed by atoms with E-state index < -0.39 is 0 Å². The highest BCUT2D eigenvalue weighted by atomic mass is 16.6. The second-order valence-corrected chi connectivity index (χ2v) is 5.56. The summed E-state index contributed by atoms with van der Waals surface area (Å²) in [5.74, 6) is 1.22. The number of likely N-dealkylation sites (tertiary alicyclic amines) is 1. The summed E-state index contributed by atoms with van der Waals surface area (Å²) in [5.41, 5.74) is 0. The van der Waals surface area contributed by atoms with Crippen LogP contribution in [-0.2, 0) is 4.74 Å². The number of hydrogen-bond acceptors (Lipinski definition) is 3. The van der Waals surface area contributed by atoms with Crippen LogP contribution in [0, 0.1) is 11.8 Å². The molecule has 2 heterocycles. The lowest BCUT2D eigenvalue weighted by molar-refractivity contribution is 0.0217. The lowest BCUT2D eigenvalue weighted by atomic mass is 9.97. The Morgan fingerprint density at radius 2 is 1.94 bits per heavy atom. The Hall–Kier alpha value is -0.770. The van der Waals surface area contributed by atoms with Gasteiger partial charge in [-0.3, -0.25) is 0 Å². The van der Waals surface area contributed by atoms with Crippen molar-refractivity contribution in [1.82, 2.24) is 10.2 Å². The van der Waals surface area contributed by atoms with E-state index in [4.69, 9.17) is 4.74 Å². The molecule has 2 fully saturated rings. The number of nitrogens with zero attached hydrogens (tertiary/aromatic N) is 1. The zero-order valence-electron chi connectivity index (χ0n) is 10.9. The van der Waals surface area contributed by atoms with Gasteiger partial charge in [0.05, 0.1) is 0 Å². The summed E-state index contributed by atoms with van der Waals surface area (Å²) in [6.07, 6.45) is 3.24. The summed E-state index contributed by atoms with van der Waals surface area (Å²) in [4.78, 5) is 13.9. The van der Waals surface area contributed by atoms with Crippen LogP contribution < -0.4 is 5.32 Å². The van der Waals surface area contributed by atoms with Crippen LogP contribution >= 0.6 is 0 Å². The fourth-order valence-electron chi connectivity index (χ4n) is 2.51. The van der Waals surface area contributed by atoms with E-state index in [0.717, 1.165) is 51.4 Å². The van der Waals surface area contributed by atoms with Crippen LogP contribution in [0.15, 0.2) is 0 Å². The van der Waals surface area contributed by atoms with Crippen molar-refractivity contribution in [2.75, 3.05) is 26.2 Å². The zero-order valence-corrected chi connectivity index (χ0v) is 10.9. The van der Waals surface area contributed by atoms with Crippen LogP contribution in [-0.4, -0.2) is 43.3 Å². The zero-order chi connectivity index (χ0) is 12.3. The van der Waals surface area contributed by atoms with Crippen molar-refractivity contribution in [1.29, 1.82) is 0 Å². The molecule has 0 saturated carbocycles. The third-order valence-electron chi connectivity index (χ3n) is 4.05. The van der Waals surface area contributed by atoms with E-state index in [1.165, 1.54) is 0 Å². The molecule has 2 aliphatic heterocycles.